The van der Waals surface area contributed by atoms with Gasteiger partial charge in [0.25, 0.3) is 10.0 Å². The van der Waals surface area contributed by atoms with Crippen molar-refractivity contribution in [2.24, 2.45) is 10.3 Å². The number of aryl methyl sites for hydroxylation is 1. The molecule has 0 saturated carbocycles. The van der Waals surface area contributed by atoms with Crippen molar-refractivity contribution in [3.63, 3.8) is 0 Å². The average Bonchev–Trinajstić information content (AvgIpc) is 3.44. The quantitative estimate of drug-likeness (QED) is 0.443. The highest BCUT2D eigenvalue weighted by atomic mass is 35.5. The van der Waals surface area contributed by atoms with E-state index in [0.29, 0.717) is 47.5 Å². The van der Waals surface area contributed by atoms with Crippen LogP contribution >= 0.6 is 11.6 Å². The molecule has 2 aliphatic rings. The summed E-state index contributed by atoms with van der Waals surface area (Å²) in [6.45, 7) is 0.333. The lowest BCUT2D eigenvalue weighted by Crippen LogP contribution is -2.38. The smallest absolute Gasteiger partial charge is 0.341 e. The first-order valence-electron chi connectivity index (χ1n) is 11.7. The molecule has 2 unspecified atom stereocenters. The van der Waals surface area contributed by atoms with Crippen molar-refractivity contribution in [1.29, 1.82) is 0 Å². The average molecular weight is 564 g/mol. The van der Waals surface area contributed by atoms with Crippen molar-refractivity contribution < 1.29 is 31.2 Å². The fraction of sp³-hybridized carbons (Fsp3) is 0.269. The molecule has 1 saturated heterocycles. The standard InChI is InChI=1S/C26H21ClF3N3O4S/c27-19-4-1-16-13-21(6-2-15(16)11-19)38(36,37)31-14-18-9-10-33(24(18)34)20-5-7-22-17(12-20)3-8-23(22)32-25(35)26(28,29)30/h1-2,4-7,11-14,18,23H,3,8-10H2,(H,32,35). The van der Waals surface area contributed by atoms with Gasteiger partial charge in [-0.25, -0.2) is 0 Å². The third kappa shape index (κ3) is 5.12. The van der Waals surface area contributed by atoms with E-state index in [1.807, 2.05) is 5.32 Å². The summed E-state index contributed by atoms with van der Waals surface area (Å²) in [5.41, 5.74) is 1.89. The molecule has 3 aromatic rings. The SMILES string of the molecule is O=C1C(C=NS(=O)(=O)c2ccc3cc(Cl)ccc3c2)CCN1c1ccc2c(c1)CCC2NC(=O)C(F)(F)F. The number of nitrogens with zero attached hydrogens (tertiary/aromatic N) is 2. The molecule has 38 heavy (non-hydrogen) atoms. The molecule has 1 fully saturated rings. The second-order valence-corrected chi connectivity index (χ2v) is 11.3. The summed E-state index contributed by atoms with van der Waals surface area (Å²) in [7, 11) is -4.04. The minimum atomic E-state index is -4.96. The van der Waals surface area contributed by atoms with Gasteiger partial charge in [-0.3, -0.25) is 9.59 Å². The zero-order chi connectivity index (χ0) is 27.2. The van der Waals surface area contributed by atoms with Gasteiger partial charge in [-0.15, -0.1) is 0 Å². The minimum Gasteiger partial charge on any atom is -0.341 e. The van der Waals surface area contributed by atoms with E-state index in [9.17, 15) is 31.2 Å². The Kier molecular flexibility index (Phi) is 6.68. The van der Waals surface area contributed by atoms with Gasteiger partial charge in [0.15, 0.2) is 0 Å². The Balaban J connectivity index is 1.29. The van der Waals surface area contributed by atoms with Crippen LogP contribution < -0.4 is 10.2 Å². The van der Waals surface area contributed by atoms with Crippen molar-refractivity contribution in [2.75, 3.05) is 11.4 Å². The van der Waals surface area contributed by atoms with Gasteiger partial charge >= 0.3 is 12.1 Å². The van der Waals surface area contributed by atoms with E-state index in [1.54, 1.807) is 42.5 Å². The van der Waals surface area contributed by atoms with Crippen LogP contribution in [0.15, 0.2) is 63.9 Å². The van der Waals surface area contributed by atoms with Gasteiger partial charge in [-0.2, -0.15) is 26.0 Å². The maximum atomic E-state index is 13.0. The molecule has 0 spiro atoms. The number of anilines is 1. The second-order valence-electron chi connectivity index (χ2n) is 9.21. The summed E-state index contributed by atoms with van der Waals surface area (Å²) in [5.74, 6) is -3.05. The van der Waals surface area contributed by atoms with E-state index in [1.165, 1.54) is 17.0 Å². The van der Waals surface area contributed by atoms with Crippen LogP contribution in [0.4, 0.5) is 18.9 Å². The van der Waals surface area contributed by atoms with E-state index >= 15 is 0 Å². The molecule has 0 radical (unpaired) electrons. The molecular formula is C26H21ClF3N3O4S. The van der Waals surface area contributed by atoms with E-state index in [-0.39, 0.29) is 10.8 Å². The largest absolute Gasteiger partial charge is 0.471 e. The zero-order valence-corrected chi connectivity index (χ0v) is 21.3. The first kappa shape index (κ1) is 26.2. The number of fused-ring (bicyclic) bond motifs is 2. The highest BCUT2D eigenvalue weighted by molar-refractivity contribution is 7.90. The molecule has 0 bridgehead atoms. The molecule has 2 amide bonds. The van der Waals surface area contributed by atoms with Crippen LogP contribution in [0.25, 0.3) is 10.8 Å². The lowest BCUT2D eigenvalue weighted by Gasteiger charge is -2.19. The highest BCUT2D eigenvalue weighted by Crippen LogP contribution is 2.36. The third-order valence-electron chi connectivity index (χ3n) is 6.78. The van der Waals surface area contributed by atoms with Crippen LogP contribution in [0.1, 0.15) is 30.0 Å². The van der Waals surface area contributed by atoms with Gasteiger partial charge in [-0.1, -0.05) is 29.8 Å². The van der Waals surface area contributed by atoms with Crippen molar-refractivity contribution in [2.45, 2.75) is 36.4 Å². The number of rotatable bonds is 5. The molecule has 1 N–H and O–H groups in total. The van der Waals surface area contributed by atoms with Crippen molar-refractivity contribution in [3.8, 4) is 0 Å². The molecule has 3 aromatic carbocycles. The molecule has 12 heteroatoms. The number of alkyl halides is 3. The van der Waals surface area contributed by atoms with Crippen LogP contribution in [0.2, 0.25) is 5.02 Å². The normalized spacial score (nSPS) is 19.9. The lowest BCUT2D eigenvalue weighted by molar-refractivity contribution is -0.174. The number of halogens is 4. The number of nitrogens with one attached hydrogen (secondary N) is 1. The van der Waals surface area contributed by atoms with Gasteiger partial charge in [0.05, 0.1) is 16.9 Å². The van der Waals surface area contributed by atoms with Crippen molar-refractivity contribution in [3.05, 3.63) is 70.7 Å². The molecular weight excluding hydrogens is 543 g/mol. The Morgan fingerprint density at radius 1 is 1.05 bits per heavy atom. The van der Waals surface area contributed by atoms with Crippen LogP contribution in [-0.4, -0.2) is 39.2 Å². The molecule has 1 aliphatic heterocycles. The Morgan fingerprint density at radius 3 is 2.55 bits per heavy atom. The van der Waals surface area contributed by atoms with Crippen LogP contribution in [0.5, 0.6) is 0 Å². The fourth-order valence-electron chi connectivity index (χ4n) is 4.83. The monoisotopic (exact) mass is 563 g/mol. The molecule has 7 nitrogen and oxygen atoms in total. The molecule has 1 heterocycles. The third-order valence-corrected chi connectivity index (χ3v) is 8.26. The second kappa shape index (κ2) is 9.70. The molecule has 1 aliphatic carbocycles. The number of carbonyl (C=O) groups is 2. The van der Waals surface area contributed by atoms with Crippen molar-refractivity contribution in [1.82, 2.24) is 5.32 Å². The lowest BCUT2D eigenvalue weighted by atomic mass is 10.1. The summed E-state index contributed by atoms with van der Waals surface area (Å²) in [5, 5.41) is 4.01. The first-order valence-corrected chi connectivity index (χ1v) is 13.6. The first-order chi connectivity index (χ1) is 17.9. The Labute approximate surface area is 221 Å². The molecule has 0 aromatic heterocycles. The van der Waals surface area contributed by atoms with Gasteiger partial charge in [0.2, 0.25) is 5.91 Å². The number of amides is 2. The maximum Gasteiger partial charge on any atom is 0.471 e. The number of sulfonamides is 1. The van der Waals surface area contributed by atoms with Crippen LogP contribution in [0.3, 0.4) is 0 Å². The predicted molar refractivity (Wildman–Crippen MR) is 137 cm³/mol. The molecule has 5 rings (SSSR count). The van der Waals surface area contributed by atoms with Gasteiger partial charge in [0.1, 0.15) is 0 Å². The number of hydrogen-bond acceptors (Lipinski definition) is 4. The van der Waals surface area contributed by atoms with E-state index in [4.69, 9.17) is 11.6 Å². The molecule has 2 atom stereocenters. The number of hydrogen-bond donors (Lipinski definition) is 1. The Bertz CT molecular complexity index is 1590. The summed E-state index contributed by atoms with van der Waals surface area (Å²) >= 11 is 5.98. The van der Waals surface area contributed by atoms with Crippen molar-refractivity contribution >= 4 is 56.1 Å². The van der Waals surface area contributed by atoms with E-state index in [2.05, 4.69) is 4.40 Å². The van der Waals surface area contributed by atoms with Crippen LogP contribution in [0, 0.1) is 5.92 Å². The summed E-state index contributed by atoms with van der Waals surface area (Å²) in [6.07, 6.45) is -2.68. The summed E-state index contributed by atoms with van der Waals surface area (Å²) in [4.78, 5) is 25.9. The van der Waals surface area contributed by atoms with Gasteiger partial charge in [-0.05, 0) is 77.6 Å². The van der Waals surface area contributed by atoms with Gasteiger partial charge < -0.3 is 10.2 Å². The highest BCUT2D eigenvalue weighted by Gasteiger charge is 2.41. The van der Waals surface area contributed by atoms with Gasteiger partial charge in [0, 0.05) is 23.5 Å². The maximum absolute atomic E-state index is 13.0. The fourth-order valence-corrected chi connectivity index (χ4v) is 5.95. The predicted octanol–water partition coefficient (Wildman–Crippen LogP) is 4.97. The summed E-state index contributed by atoms with van der Waals surface area (Å²) < 4.78 is 67.3. The zero-order valence-electron chi connectivity index (χ0n) is 19.7. The summed E-state index contributed by atoms with van der Waals surface area (Å²) in [6, 6.07) is 13.9. The minimum absolute atomic E-state index is 0.00309. The topological polar surface area (TPSA) is 95.9 Å². The number of benzene rings is 3. The molecule has 198 valence electrons. The Morgan fingerprint density at radius 2 is 1.79 bits per heavy atom. The van der Waals surface area contributed by atoms with E-state index < -0.39 is 34.1 Å². The van der Waals surface area contributed by atoms with E-state index in [0.717, 1.165) is 17.2 Å². The van der Waals surface area contributed by atoms with Crippen LogP contribution in [-0.2, 0) is 26.0 Å². The number of carbonyl (C=O) groups excluding carboxylic acids is 2. The Hall–Kier alpha value is -3.44.